The number of rotatable bonds is 4. The summed E-state index contributed by atoms with van der Waals surface area (Å²) in [6, 6.07) is 13.3. The number of fused-ring (bicyclic) bond motifs is 2. The van der Waals surface area contributed by atoms with Crippen molar-refractivity contribution >= 4 is 22.6 Å². The minimum absolute atomic E-state index is 0.276. The third-order valence-electron chi connectivity index (χ3n) is 5.77. The SMILES string of the molecule is Fc1ccc2c(C3CCN(CCC4=Cc5ccccc54)CC3)noc2c1. The first-order chi connectivity index (χ1) is 12.8. The van der Waals surface area contributed by atoms with Crippen molar-refractivity contribution < 1.29 is 8.91 Å². The van der Waals surface area contributed by atoms with Crippen molar-refractivity contribution in [2.24, 2.45) is 0 Å². The molecule has 0 atom stereocenters. The maximum Gasteiger partial charge on any atom is 0.170 e. The van der Waals surface area contributed by atoms with Crippen LogP contribution in [0.4, 0.5) is 4.39 Å². The Balaban J connectivity index is 1.19. The second kappa shape index (κ2) is 6.36. The minimum Gasteiger partial charge on any atom is -0.356 e. The van der Waals surface area contributed by atoms with Gasteiger partial charge in [-0.1, -0.05) is 35.5 Å². The Hall–Kier alpha value is -2.46. The Morgan fingerprint density at radius 3 is 2.81 bits per heavy atom. The topological polar surface area (TPSA) is 29.3 Å². The molecule has 5 rings (SSSR count). The van der Waals surface area contributed by atoms with Gasteiger partial charge in [-0.3, -0.25) is 0 Å². The smallest absolute Gasteiger partial charge is 0.170 e. The average molecular weight is 348 g/mol. The van der Waals surface area contributed by atoms with E-state index in [2.05, 4.69) is 40.4 Å². The average Bonchev–Trinajstić information content (AvgIpc) is 3.06. The molecule has 1 aromatic heterocycles. The molecule has 0 unspecified atom stereocenters. The molecule has 3 aromatic rings. The molecule has 0 spiro atoms. The molecule has 0 N–H and O–H groups in total. The monoisotopic (exact) mass is 348 g/mol. The predicted molar refractivity (Wildman–Crippen MR) is 101 cm³/mol. The lowest BCUT2D eigenvalue weighted by Gasteiger charge is -2.32. The summed E-state index contributed by atoms with van der Waals surface area (Å²) in [6.07, 6.45) is 5.58. The highest BCUT2D eigenvalue weighted by atomic mass is 19.1. The first-order valence-electron chi connectivity index (χ1n) is 9.35. The van der Waals surface area contributed by atoms with Crippen LogP contribution in [0.15, 0.2) is 47.0 Å². The van der Waals surface area contributed by atoms with E-state index in [9.17, 15) is 4.39 Å². The van der Waals surface area contributed by atoms with Crippen molar-refractivity contribution in [1.29, 1.82) is 0 Å². The summed E-state index contributed by atoms with van der Waals surface area (Å²) >= 11 is 0. The molecule has 0 bridgehead atoms. The number of piperidine rings is 1. The zero-order valence-corrected chi connectivity index (χ0v) is 14.6. The van der Waals surface area contributed by atoms with E-state index in [1.54, 1.807) is 6.07 Å². The minimum atomic E-state index is -0.276. The molecule has 2 aliphatic rings. The molecule has 26 heavy (non-hydrogen) atoms. The summed E-state index contributed by atoms with van der Waals surface area (Å²) in [4.78, 5) is 2.54. The van der Waals surface area contributed by atoms with Crippen LogP contribution in [0.3, 0.4) is 0 Å². The van der Waals surface area contributed by atoms with Crippen LogP contribution in [0.2, 0.25) is 0 Å². The fraction of sp³-hybridized carbons (Fsp3) is 0.318. The third kappa shape index (κ3) is 2.74. The molecule has 4 heteroatoms. The number of likely N-dealkylation sites (tertiary alicyclic amines) is 1. The third-order valence-corrected chi connectivity index (χ3v) is 5.77. The van der Waals surface area contributed by atoms with Crippen LogP contribution >= 0.6 is 0 Å². The Kier molecular flexibility index (Phi) is 3.86. The Bertz CT molecular complexity index is 983. The van der Waals surface area contributed by atoms with Crippen LogP contribution in [-0.2, 0) is 0 Å². The van der Waals surface area contributed by atoms with Crippen LogP contribution < -0.4 is 0 Å². The molecule has 1 aliphatic heterocycles. The van der Waals surface area contributed by atoms with Crippen LogP contribution in [0.5, 0.6) is 0 Å². The molecule has 2 aromatic carbocycles. The second-order valence-corrected chi connectivity index (χ2v) is 7.33. The predicted octanol–water partition coefficient (Wildman–Crippen LogP) is 5.09. The number of hydrogen-bond acceptors (Lipinski definition) is 3. The summed E-state index contributed by atoms with van der Waals surface area (Å²) in [6.45, 7) is 3.27. The van der Waals surface area contributed by atoms with E-state index in [4.69, 9.17) is 4.52 Å². The number of aromatic nitrogens is 1. The van der Waals surface area contributed by atoms with Crippen LogP contribution in [0, 0.1) is 5.82 Å². The quantitative estimate of drug-likeness (QED) is 0.657. The van der Waals surface area contributed by atoms with E-state index in [0.29, 0.717) is 11.5 Å². The Morgan fingerprint density at radius 2 is 1.96 bits per heavy atom. The van der Waals surface area contributed by atoms with Gasteiger partial charge in [0.25, 0.3) is 0 Å². The lowest BCUT2D eigenvalue weighted by atomic mass is 9.86. The summed E-state index contributed by atoms with van der Waals surface area (Å²) in [7, 11) is 0. The molecular weight excluding hydrogens is 327 g/mol. The molecule has 1 fully saturated rings. The molecule has 0 radical (unpaired) electrons. The van der Waals surface area contributed by atoms with Gasteiger partial charge in [0.05, 0.1) is 5.69 Å². The van der Waals surface area contributed by atoms with E-state index in [-0.39, 0.29) is 5.82 Å². The van der Waals surface area contributed by atoms with E-state index >= 15 is 0 Å². The molecule has 2 heterocycles. The zero-order chi connectivity index (χ0) is 17.5. The van der Waals surface area contributed by atoms with Crippen molar-refractivity contribution in [2.75, 3.05) is 19.6 Å². The van der Waals surface area contributed by atoms with E-state index in [1.165, 1.54) is 28.8 Å². The van der Waals surface area contributed by atoms with Crippen molar-refractivity contribution in [3.8, 4) is 0 Å². The van der Waals surface area contributed by atoms with E-state index in [1.807, 2.05) is 0 Å². The molecule has 3 nitrogen and oxygen atoms in total. The van der Waals surface area contributed by atoms with Crippen molar-refractivity contribution in [2.45, 2.75) is 25.2 Å². The summed E-state index contributed by atoms with van der Waals surface area (Å²) in [5, 5.41) is 5.20. The largest absolute Gasteiger partial charge is 0.356 e. The molecule has 0 saturated carbocycles. The second-order valence-electron chi connectivity index (χ2n) is 7.33. The van der Waals surface area contributed by atoms with Gasteiger partial charge in [0.1, 0.15) is 5.82 Å². The zero-order valence-electron chi connectivity index (χ0n) is 14.6. The van der Waals surface area contributed by atoms with Crippen molar-refractivity contribution in [3.63, 3.8) is 0 Å². The lowest BCUT2D eigenvalue weighted by molar-refractivity contribution is 0.213. The normalized spacial score (nSPS) is 17.8. The van der Waals surface area contributed by atoms with Crippen LogP contribution in [0.1, 0.15) is 42.0 Å². The van der Waals surface area contributed by atoms with Gasteiger partial charge in [-0.05, 0) is 61.2 Å². The highest BCUT2D eigenvalue weighted by Gasteiger charge is 2.25. The highest BCUT2D eigenvalue weighted by molar-refractivity contribution is 5.95. The van der Waals surface area contributed by atoms with E-state index in [0.717, 1.165) is 50.0 Å². The summed E-state index contributed by atoms with van der Waals surface area (Å²) in [5.74, 6) is 0.128. The fourth-order valence-electron chi connectivity index (χ4n) is 4.24. The van der Waals surface area contributed by atoms with Gasteiger partial charge in [0.15, 0.2) is 5.58 Å². The lowest BCUT2D eigenvalue weighted by Crippen LogP contribution is -2.34. The van der Waals surface area contributed by atoms with Gasteiger partial charge < -0.3 is 9.42 Å². The fourth-order valence-corrected chi connectivity index (χ4v) is 4.24. The molecule has 132 valence electrons. The molecular formula is C22H21FN2O. The van der Waals surface area contributed by atoms with Gasteiger partial charge in [0, 0.05) is 23.9 Å². The molecule has 0 amide bonds. The summed E-state index contributed by atoms with van der Waals surface area (Å²) in [5.41, 5.74) is 5.82. The van der Waals surface area contributed by atoms with Crippen molar-refractivity contribution in [1.82, 2.24) is 10.1 Å². The first kappa shape index (κ1) is 15.8. The van der Waals surface area contributed by atoms with Crippen LogP contribution in [-0.4, -0.2) is 29.7 Å². The van der Waals surface area contributed by atoms with Crippen LogP contribution in [0.25, 0.3) is 22.6 Å². The van der Waals surface area contributed by atoms with Gasteiger partial charge in [-0.25, -0.2) is 4.39 Å². The maximum absolute atomic E-state index is 13.3. The van der Waals surface area contributed by atoms with Gasteiger partial charge in [-0.2, -0.15) is 0 Å². The maximum atomic E-state index is 13.3. The Labute approximate surface area is 152 Å². The van der Waals surface area contributed by atoms with Gasteiger partial charge in [-0.15, -0.1) is 0 Å². The van der Waals surface area contributed by atoms with Gasteiger partial charge in [0.2, 0.25) is 0 Å². The Morgan fingerprint density at radius 1 is 1.12 bits per heavy atom. The highest BCUT2D eigenvalue weighted by Crippen LogP contribution is 2.36. The number of benzene rings is 2. The number of hydrogen-bond donors (Lipinski definition) is 0. The summed E-state index contributed by atoms with van der Waals surface area (Å²) < 4.78 is 18.7. The molecule has 1 aliphatic carbocycles. The van der Waals surface area contributed by atoms with Crippen molar-refractivity contribution in [3.05, 3.63) is 65.1 Å². The van der Waals surface area contributed by atoms with E-state index < -0.39 is 0 Å². The standard InChI is InChI=1S/C22H21FN2O/c23-18-5-6-20-21(14-18)26-24-22(20)15-7-10-25(11-8-15)12-9-17-13-16-3-1-2-4-19(16)17/h1-6,13-15H,7-12H2. The van der Waals surface area contributed by atoms with Gasteiger partial charge >= 0.3 is 0 Å². The molecule has 1 saturated heterocycles. The number of nitrogens with zero attached hydrogens (tertiary/aromatic N) is 2. The first-order valence-corrected chi connectivity index (χ1v) is 9.35. The number of halogens is 1.